The Kier molecular flexibility index (Phi) is 3.33. The molecule has 0 spiro atoms. The topological polar surface area (TPSA) is 0 Å². The summed E-state index contributed by atoms with van der Waals surface area (Å²) < 4.78 is 13.3. The van der Waals surface area contributed by atoms with Gasteiger partial charge in [0.05, 0.1) is 0 Å². The maximum absolute atomic E-state index is 13.3. The standard InChI is InChI=1S/C17H17F/c1-5-15-12(3)8-11(2)9-16(15)14-6-7-17(18)13(4)10-14/h5-10H,1H2,2-4H3. The van der Waals surface area contributed by atoms with Crippen LogP contribution in [-0.2, 0) is 0 Å². The lowest BCUT2D eigenvalue weighted by Gasteiger charge is -2.12. The first kappa shape index (κ1) is 12.6. The minimum absolute atomic E-state index is 0.164. The molecule has 0 saturated carbocycles. The monoisotopic (exact) mass is 240 g/mol. The molecule has 0 heterocycles. The van der Waals surface area contributed by atoms with Crippen molar-refractivity contribution in [3.8, 4) is 11.1 Å². The second kappa shape index (κ2) is 4.77. The fourth-order valence-corrected chi connectivity index (χ4v) is 2.30. The molecule has 0 aromatic heterocycles. The van der Waals surface area contributed by atoms with Gasteiger partial charge in [-0.2, -0.15) is 0 Å². The first-order valence-electron chi connectivity index (χ1n) is 6.03. The van der Waals surface area contributed by atoms with Gasteiger partial charge in [0.25, 0.3) is 0 Å². The number of halogens is 1. The van der Waals surface area contributed by atoms with E-state index in [-0.39, 0.29) is 5.82 Å². The third-order valence-electron chi connectivity index (χ3n) is 3.20. The van der Waals surface area contributed by atoms with E-state index in [1.807, 2.05) is 18.2 Å². The second-order valence-electron chi connectivity index (χ2n) is 4.71. The molecule has 2 aromatic carbocycles. The Bertz CT molecular complexity index is 609. The Morgan fingerprint density at radius 3 is 2.33 bits per heavy atom. The van der Waals surface area contributed by atoms with Crippen molar-refractivity contribution < 1.29 is 4.39 Å². The molecular formula is C17H17F. The molecule has 1 heteroatoms. The highest BCUT2D eigenvalue weighted by Gasteiger charge is 2.08. The predicted molar refractivity (Wildman–Crippen MR) is 76.1 cm³/mol. The number of benzene rings is 2. The molecule has 0 N–H and O–H groups in total. The van der Waals surface area contributed by atoms with Gasteiger partial charge in [-0.25, -0.2) is 4.39 Å². The molecule has 2 aromatic rings. The minimum Gasteiger partial charge on any atom is -0.207 e. The van der Waals surface area contributed by atoms with Crippen LogP contribution in [0.1, 0.15) is 22.3 Å². The molecule has 0 aliphatic rings. The van der Waals surface area contributed by atoms with Crippen LogP contribution in [-0.4, -0.2) is 0 Å². The summed E-state index contributed by atoms with van der Waals surface area (Å²) in [6.45, 7) is 9.80. The van der Waals surface area contributed by atoms with E-state index in [2.05, 4.69) is 32.6 Å². The van der Waals surface area contributed by atoms with Crippen LogP contribution in [0.15, 0.2) is 36.9 Å². The molecule has 0 amide bonds. The Morgan fingerprint density at radius 2 is 1.72 bits per heavy atom. The number of hydrogen-bond acceptors (Lipinski definition) is 0. The van der Waals surface area contributed by atoms with E-state index in [0.29, 0.717) is 5.56 Å². The van der Waals surface area contributed by atoms with Gasteiger partial charge in [0.2, 0.25) is 0 Å². The summed E-state index contributed by atoms with van der Waals surface area (Å²) >= 11 is 0. The van der Waals surface area contributed by atoms with Crippen molar-refractivity contribution in [1.29, 1.82) is 0 Å². The molecule has 0 nitrogen and oxygen atoms in total. The fraction of sp³-hybridized carbons (Fsp3) is 0.176. The van der Waals surface area contributed by atoms with E-state index in [0.717, 1.165) is 16.7 Å². The molecule has 0 bridgehead atoms. The van der Waals surface area contributed by atoms with Crippen LogP contribution in [0.25, 0.3) is 17.2 Å². The number of aryl methyl sites for hydroxylation is 3. The van der Waals surface area contributed by atoms with E-state index in [9.17, 15) is 4.39 Å². The summed E-state index contributed by atoms with van der Waals surface area (Å²) in [6.07, 6.45) is 1.86. The molecule has 0 saturated heterocycles. The summed E-state index contributed by atoms with van der Waals surface area (Å²) in [4.78, 5) is 0. The van der Waals surface area contributed by atoms with Gasteiger partial charge in [-0.3, -0.25) is 0 Å². The van der Waals surface area contributed by atoms with Crippen LogP contribution < -0.4 is 0 Å². The van der Waals surface area contributed by atoms with Crippen molar-refractivity contribution >= 4 is 6.08 Å². The van der Waals surface area contributed by atoms with E-state index >= 15 is 0 Å². The highest BCUT2D eigenvalue weighted by Crippen LogP contribution is 2.29. The van der Waals surface area contributed by atoms with Crippen molar-refractivity contribution in [2.75, 3.05) is 0 Å². The van der Waals surface area contributed by atoms with E-state index < -0.39 is 0 Å². The first-order chi connectivity index (χ1) is 8.52. The normalized spacial score (nSPS) is 10.4. The summed E-state index contributed by atoms with van der Waals surface area (Å²) in [6, 6.07) is 9.49. The van der Waals surface area contributed by atoms with Crippen LogP contribution in [0.3, 0.4) is 0 Å². The van der Waals surface area contributed by atoms with Gasteiger partial charge in [0.15, 0.2) is 0 Å². The highest BCUT2D eigenvalue weighted by atomic mass is 19.1. The van der Waals surface area contributed by atoms with E-state index in [1.165, 1.54) is 17.2 Å². The molecule has 0 atom stereocenters. The van der Waals surface area contributed by atoms with Gasteiger partial charge >= 0.3 is 0 Å². The molecule has 0 fully saturated rings. The number of rotatable bonds is 2. The predicted octanol–water partition coefficient (Wildman–Crippen LogP) is 5.06. The van der Waals surface area contributed by atoms with Gasteiger partial charge in [0.1, 0.15) is 5.82 Å². The smallest absolute Gasteiger partial charge is 0.126 e. The minimum atomic E-state index is -0.164. The van der Waals surface area contributed by atoms with Gasteiger partial charge in [0, 0.05) is 0 Å². The van der Waals surface area contributed by atoms with Crippen molar-refractivity contribution in [3.05, 3.63) is 65.0 Å². The molecule has 0 radical (unpaired) electrons. The fourth-order valence-electron chi connectivity index (χ4n) is 2.30. The molecule has 2 rings (SSSR count). The van der Waals surface area contributed by atoms with Gasteiger partial charge in [-0.1, -0.05) is 36.4 Å². The Labute approximate surface area is 108 Å². The van der Waals surface area contributed by atoms with Crippen molar-refractivity contribution in [2.24, 2.45) is 0 Å². The summed E-state index contributed by atoms with van der Waals surface area (Å²) in [5, 5.41) is 0. The Balaban J connectivity index is 2.69. The molecule has 18 heavy (non-hydrogen) atoms. The molecule has 92 valence electrons. The summed E-state index contributed by atoms with van der Waals surface area (Å²) in [5.74, 6) is -0.164. The lowest BCUT2D eigenvalue weighted by Crippen LogP contribution is -1.91. The average molecular weight is 240 g/mol. The number of hydrogen-bond donors (Lipinski definition) is 0. The lowest BCUT2D eigenvalue weighted by atomic mass is 9.93. The van der Waals surface area contributed by atoms with Crippen molar-refractivity contribution in [1.82, 2.24) is 0 Å². The maximum Gasteiger partial charge on any atom is 0.126 e. The molecule has 0 unspecified atom stereocenters. The quantitative estimate of drug-likeness (QED) is 0.688. The van der Waals surface area contributed by atoms with E-state index in [1.54, 1.807) is 6.92 Å². The van der Waals surface area contributed by atoms with Crippen LogP contribution in [0.4, 0.5) is 4.39 Å². The van der Waals surface area contributed by atoms with E-state index in [4.69, 9.17) is 0 Å². The third-order valence-corrected chi connectivity index (χ3v) is 3.20. The summed E-state index contributed by atoms with van der Waals surface area (Å²) in [7, 11) is 0. The molecular weight excluding hydrogens is 223 g/mol. The second-order valence-corrected chi connectivity index (χ2v) is 4.71. The zero-order valence-electron chi connectivity index (χ0n) is 11.0. The van der Waals surface area contributed by atoms with Crippen molar-refractivity contribution in [2.45, 2.75) is 20.8 Å². The Hall–Kier alpha value is -1.89. The summed E-state index contributed by atoms with van der Waals surface area (Å²) in [5.41, 5.74) is 6.34. The lowest BCUT2D eigenvalue weighted by molar-refractivity contribution is 0.619. The van der Waals surface area contributed by atoms with Crippen molar-refractivity contribution in [3.63, 3.8) is 0 Å². The van der Waals surface area contributed by atoms with Crippen LogP contribution in [0.5, 0.6) is 0 Å². The largest absolute Gasteiger partial charge is 0.207 e. The zero-order valence-corrected chi connectivity index (χ0v) is 11.0. The van der Waals surface area contributed by atoms with Crippen LogP contribution in [0.2, 0.25) is 0 Å². The van der Waals surface area contributed by atoms with Crippen LogP contribution in [0, 0.1) is 26.6 Å². The van der Waals surface area contributed by atoms with Gasteiger partial charge in [-0.05, 0) is 60.7 Å². The molecule has 0 aliphatic heterocycles. The highest BCUT2D eigenvalue weighted by molar-refractivity contribution is 5.77. The third kappa shape index (κ3) is 2.21. The zero-order chi connectivity index (χ0) is 13.3. The van der Waals surface area contributed by atoms with Gasteiger partial charge in [-0.15, -0.1) is 0 Å². The van der Waals surface area contributed by atoms with Crippen LogP contribution >= 0.6 is 0 Å². The molecule has 0 aliphatic carbocycles. The van der Waals surface area contributed by atoms with Gasteiger partial charge < -0.3 is 0 Å². The average Bonchev–Trinajstić information content (AvgIpc) is 2.32. The first-order valence-corrected chi connectivity index (χ1v) is 6.03. The maximum atomic E-state index is 13.3. The Morgan fingerprint density at radius 1 is 1.00 bits per heavy atom. The SMILES string of the molecule is C=Cc1c(C)cc(C)cc1-c1ccc(F)c(C)c1.